The summed E-state index contributed by atoms with van der Waals surface area (Å²) in [7, 11) is -3.54. The number of piperidine rings is 1. The van der Waals surface area contributed by atoms with Crippen LogP contribution in [0.25, 0.3) is 0 Å². The van der Waals surface area contributed by atoms with E-state index in [4.69, 9.17) is 4.74 Å². The second kappa shape index (κ2) is 5.09. The molecule has 0 radical (unpaired) electrons. The van der Waals surface area contributed by atoms with Crippen LogP contribution < -0.4 is 0 Å². The molecular formula is C14H17NO4S. The molecule has 20 heavy (non-hydrogen) atoms. The normalized spacial score (nSPS) is 26.8. The highest BCUT2D eigenvalue weighted by Crippen LogP contribution is 2.33. The van der Waals surface area contributed by atoms with Crippen LogP contribution in [0.1, 0.15) is 25.7 Å². The van der Waals surface area contributed by atoms with E-state index in [9.17, 15) is 13.2 Å². The van der Waals surface area contributed by atoms with Crippen molar-refractivity contribution in [3.05, 3.63) is 30.3 Å². The molecule has 1 aromatic rings. The standard InChI is InChI=1S/C14H17NO4S/c16-14-15-11(9-10-19-14)5-4-8-13(15)20(17,18)12-6-2-1-3-7-12/h1-3,6-7,11,13H,4-5,8-10H2/t11-,13+/m1/s1. The van der Waals surface area contributed by atoms with E-state index in [1.165, 1.54) is 4.90 Å². The molecule has 0 spiro atoms. The fourth-order valence-electron chi connectivity index (χ4n) is 3.02. The van der Waals surface area contributed by atoms with E-state index in [-0.39, 0.29) is 10.9 Å². The number of benzene rings is 1. The third kappa shape index (κ3) is 2.18. The van der Waals surface area contributed by atoms with Crippen molar-refractivity contribution in [3.8, 4) is 0 Å². The lowest BCUT2D eigenvalue weighted by Gasteiger charge is -2.43. The third-order valence-electron chi connectivity index (χ3n) is 4.01. The van der Waals surface area contributed by atoms with Crippen molar-refractivity contribution in [2.45, 2.75) is 42.0 Å². The van der Waals surface area contributed by atoms with Crippen LogP contribution >= 0.6 is 0 Å². The molecule has 2 saturated heterocycles. The molecule has 2 fully saturated rings. The lowest BCUT2D eigenvalue weighted by atomic mass is 9.99. The zero-order chi connectivity index (χ0) is 14.2. The van der Waals surface area contributed by atoms with E-state index >= 15 is 0 Å². The van der Waals surface area contributed by atoms with Gasteiger partial charge in [0, 0.05) is 12.5 Å². The van der Waals surface area contributed by atoms with E-state index in [0.717, 1.165) is 12.8 Å². The fraction of sp³-hybridized carbons (Fsp3) is 0.500. The minimum Gasteiger partial charge on any atom is -0.449 e. The summed E-state index contributed by atoms with van der Waals surface area (Å²) in [4.78, 5) is 13.7. The molecule has 0 saturated carbocycles. The van der Waals surface area contributed by atoms with Gasteiger partial charge in [-0.2, -0.15) is 0 Å². The Morgan fingerprint density at radius 1 is 1.10 bits per heavy atom. The molecule has 1 amide bonds. The van der Waals surface area contributed by atoms with Gasteiger partial charge in [-0.15, -0.1) is 0 Å². The first kappa shape index (κ1) is 13.4. The van der Waals surface area contributed by atoms with Crippen molar-refractivity contribution in [1.29, 1.82) is 0 Å². The van der Waals surface area contributed by atoms with Crippen LogP contribution in [0.3, 0.4) is 0 Å². The highest BCUT2D eigenvalue weighted by molar-refractivity contribution is 7.92. The van der Waals surface area contributed by atoms with Crippen LogP contribution in [-0.4, -0.2) is 37.4 Å². The highest BCUT2D eigenvalue weighted by atomic mass is 32.2. The van der Waals surface area contributed by atoms with E-state index < -0.39 is 21.3 Å². The summed E-state index contributed by atoms with van der Waals surface area (Å²) >= 11 is 0. The van der Waals surface area contributed by atoms with Crippen molar-refractivity contribution in [3.63, 3.8) is 0 Å². The SMILES string of the molecule is O=C1OCC[C@H]2CCC[C@H](S(=O)(=O)c3ccccc3)N12. The largest absolute Gasteiger partial charge is 0.449 e. The summed E-state index contributed by atoms with van der Waals surface area (Å²) in [6.45, 7) is 0.387. The van der Waals surface area contributed by atoms with Gasteiger partial charge in [0.1, 0.15) is 5.37 Å². The number of cyclic esters (lactones) is 1. The number of hydrogen-bond donors (Lipinski definition) is 0. The average Bonchev–Trinajstić information content (AvgIpc) is 2.48. The zero-order valence-corrected chi connectivity index (χ0v) is 11.9. The second-order valence-electron chi connectivity index (χ2n) is 5.21. The molecule has 6 heteroatoms. The molecule has 2 atom stereocenters. The van der Waals surface area contributed by atoms with Gasteiger partial charge in [0.2, 0.25) is 0 Å². The number of ether oxygens (including phenoxy) is 1. The van der Waals surface area contributed by atoms with Gasteiger partial charge in [0.05, 0.1) is 11.5 Å². The first-order valence-electron chi connectivity index (χ1n) is 6.85. The monoisotopic (exact) mass is 295 g/mol. The summed E-state index contributed by atoms with van der Waals surface area (Å²) < 4.78 is 30.5. The molecule has 0 N–H and O–H groups in total. The lowest BCUT2D eigenvalue weighted by molar-refractivity contribution is 0.0212. The number of fused-ring (bicyclic) bond motifs is 1. The topological polar surface area (TPSA) is 63.7 Å². The molecular weight excluding hydrogens is 278 g/mol. The van der Waals surface area contributed by atoms with Crippen LogP contribution in [0.15, 0.2) is 35.2 Å². The zero-order valence-electron chi connectivity index (χ0n) is 11.1. The molecule has 0 aliphatic carbocycles. The average molecular weight is 295 g/mol. The first-order chi connectivity index (χ1) is 9.60. The van der Waals surface area contributed by atoms with Crippen LogP contribution in [0.5, 0.6) is 0 Å². The Bertz CT molecular complexity index is 597. The van der Waals surface area contributed by atoms with E-state index in [0.29, 0.717) is 19.4 Å². The maximum Gasteiger partial charge on any atom is 0.411 e. The number of rotatable bonds is 2. The Hall–Kier alpha value is -1.56. The molecule has 5 nitrogen and oxygen atoms in total. The van der Waals surface area contributed by atoms with Crippen molar-refractivity contribution in [2.75, 3.05) is 6.61 Å². The summed E-state index contributed by atoms with van der Waals surface area (Å²) in [6, 6.07) is 8.32. The summed E-state index contributed by atoms with van der Waals surface area (Å²) in [6.07, 6.45) is 2.38. The highest BCUT2D eigenvalue weighted by Gasteiger charge is 2.44. The number of sulfone groups is 1. The maximum absolute atomic E-state index is 12.7. The van der Waals surface area contributed by atoms with Gasteiger partial charge in [0.25, 0.3) is 0 Å². The lowest BCUT2D eigenvalue weighted by Crippen LogP contribution is -2.56. The van der Waals surface area contributed by atoms with Crippen LogP contribution in [-0.2, 0) is 14.6 Å². The van der Waals surface area contributed by atoms with Crippen molar-refractivity contribution < 1.29 is 17.9 Å². The molecule has 2 aliphatic heterocycles. The number of carbonyl (C=O) groups is 1. The van der Waals surface area contributed by atoms with Crippen LogP contribution in [0.4, 0.5) is 4.79 Å². The van der Waals surface area contributed by atoms with Gasteiger partial charge in [0.15, 0.2) is 9.84 Å². The second-order valence-corrected chi connectivity index (χ2v) is 7.31. The van der Waals surface area contributed by atoms with Crippen molar-refractivity contribution >= 4 is 15.9 Å². The summed E-state index contributed by atoms with van der Waals surface area (Å²) in [5, 5.41) is -0.795. The smallest absolute Gasteiger partial charge is 0.411 e. The molecule has 0 unspecified atom stereocenters. The Morgan fingerprint density at radius 3 is 2.60 bits per heavy atom. The fourth-order valence-corrected chi connectivity index (χ4v) is 4.91. The summed E-state index contributed by atoms with van der Waals surface area (Å²) in [5.41, 5.74) is 0. The van der Waals surface area contributed by atoms with Gasteiger partial charge >= 0.3 is 6.09 Å². The van der Waals surface area contributed by atoms with Crippen LogP contribution in [0, 0.1) is 0 Å². The van der Waals surface area contributed by atoms with Gasteiger partial charge in [-0.05, 0) is 31.4 Å². The number of amides is 1. The van der Waals surface area contributed by atoms with Gasteiger partial charge in [-0.25, -0.2) is 13.2 Å². The Labute approximate surface area is 118 Å². The van der Waals surface area contributed by atoms with Gasteiger partial charge < -0.3 is 4.74 Å². The third-order valence-corrected chi connectivity index (χ3v) is 6.12. The Balaban J connectivity index is 1.97. The molecule has 3 rings (SSSR count). The predicted octanol–water partition coefficient (Wildman–Crippen LogP) is 2.18. The number of carbonyl (C=O) groups excluding carboxylic acids is 1. The predicted molar refractivity (Wildman–Crippen MR) is 72.9 cm³/mol. The quantitative estimate of drug-likeness (QED) is 0.839. The van der Waals surface area contributed by atoms with Crippen LogP contribution in [0.2, 0.25) is 0 Å². The van der Waals surface area contributed by atoms with E-state index in [1.807, 2.05) is 0 Å². The van der Waals surface area contributed by atoms with E-state index in [1.54, 1.807) is 30.3 Å². The van der Waals surface area contributed by atoms with Gasteiger partial charge in [-0.3, -0.25) is 4.90 Å². The van der Waals surface area contributed by atoms with E-state index in [2.05, 4.69) is 0 Å². The molecule has 0 bridgehead atoms. The van der Waals surface area contributed by atoms with Crippen molar-refractivity contribution in [1.82, 2.24) is 4.90 Å². The van der Waals surface area contributed by atoms with Crippen molar-refractivity contribution in [2.24, 2.45) is 0 Å². The first-order valence-corrected chi connectivity index (χ1v) is 8.39. The number of hydrogen-bond acceptors (Lipinski definition) is 4. The molecule has 2 heterocycles. The molecule has 108 valence electrons. The Morgan fingerprint density at radius 2 is 1.85 bits per heavy atom. The molecule has 0 aromatic heterocycles. The van der Waals surface area contributed by atoms with Gasteiger partial charge in [-0.1, -0.05) is 18.2 Å². The molecule has 2 aliphatic rings. The Kier molecular flexibility index (Phi) is 3.41. The molecule has 1 aromatic carbocycles. The minimum absolute atomic E-state index is 0.00603. The number of nitrogens with zero attached hydrogens (tertiary/aromatic N) is 1. The maximum atomic E-state index is 12.7. The summed E-state index contributed by atoms with van der Waals surface area (Å²) in [5.74, 6) is 0. The minimum atomic E-state index is -3.54.